The third-order valence-corrected chi connectivity index (χ3v) is 7.04. The Hall–Kier alpha value is -3.17. The van der Waals surface area contributed by atoms with Crippen molar-refractivity contribution >= 4 is 27.5 Å². The Labute approximate surface area is 195 Å². The first kappa shape index (κ1) is 21.7. The Morgan fingerprint density at radius 3 is 2.79 bits per heavy atom. The molecule has 9 heteroatoms. The van der Waals surface area contributed by atoms with Gasteiger partial charge in [0.05, 0.1) is 16.8 Å². The zero-order valence-corrected chi connectivity index (χ0v) is 19.3. The van der Waals surface area contributed by atoms with Crippen molar-refractivity contribution in [3.05, 3.63) is 75.8 Å². The van der Waals surface area contributed by atoms with Gasteiger partial charge in [0.1, 0.15) is 30.6 Å². The molecule has 172 valence electrons. The normalized spacial score (nSPS) is 15.3. The number of benzene rings is 1. The first-order valence-corrected chi connectivity index (χ1v) is 11.9. The molecule has 0 bridgehead atoms. The van der Waals surface area contributed by atoms with E-state index in [1.54, 1.807) is 0 Å². The summed E-state index contributed by atoms with van der Waals surface area (Å²) in [4.78, 5) is 30.6. The van der Waals surface area contributed by atoms with Gasteiger partial charge in [-0.2, -0.15) is 0 Å². The Morgan fingerprint density at radius 2 is 1.97 bits per heavy atom. The fourth-order valence-corrected chi connectivity index (χ4v) is 5.31. The molecule has 0 aliphatic carbocycles. The average Bonchev–Trinajstić information content (AvgIpc) is 3.53. The van der Waals surface area contributed by atoms with Crippen molar-refractivity contribution in [3.63, 3.8) is 0 Å². The van der Waals surface area contributed by atoms with Crippen LogP contribution in [0.15, 0.2) is 58.0 Å². The van der Waals surface area contributed by atoms with E-state index in [2.05, 4.69) is 14.5 Å². The van der Waals surface area contributed by atoms with Crippen molar-refractivity contribution in [1.29, 1.82) is 0 Å². The Balaban J connectivity index is 1.21. The SMILES string of the molecule is CC(=O)OCc1ccc(CN2CCC(c3nccn3Cn3c(=O)sc4ccccc43)CC2)o1. The second-order valence-electron chi connectivity index (χ2n) is 8.36. The number of esters is 1. The molecule has 1 saturated heterocycles. The van der Waals surface area contributed by atoms with Gasteiger partial charge in [-0.3, -0.25) is 19.1 Å². The lowest BCUT2D eigenvalue weighted by molar-refractivity contribution is -0.142. The summed E-state index contributed by atoms with van der Waals surface area (Å²) in [5.41, 5.74) is 0.966. The fraction of sp³-hybridized carbons (Fsp3) is 0.375. The molecule has 5 rings (SSSR count). The molecule has 1 aliphatic rings. The molecule has 3 aromatic heterocycles. The lowest BCUT2D eigenvalue weighted by atomic mass is 9.96. The van der Waals surface area contributed by atoms with Crippen molar-refractivity contribution in [2.24, 2.45) is 0 Å². The maximum absolute atomic E-state index is 12.6. The van der Waals surface area contributed by atoms with Crippen molar-refractivity contribution in [3.8, 4) is 0 Å². The molecule has 1 fully saturated rings. The Morgan fingerprint density at radius 1 is 1.18 bits per heavy atom. The van der Waals surface area contributed by atoms with E-state index >= 15 is 0 Å². The maximum atomic E-state index is 12.6. The third-order valence-electron chi connectivity index (χ3n) is 6.08. The molecular formula is C24H26N4O4S. The van der Waals surface area contributed by atoms with Gasteiger partial charge >= 0.3 is 10.8 Å². The Kier molecular flexibility index (Phi) is 6.15. The second kappa shape index (κ2) is 9.36. The van der Waals surface area contributed by atoms with E-state index in [1.165, 1.54) is 18.3 Å². The highest BCUT2D eigenvalue weighted by atomic mass is 32.1. The van der Waals surface area contributed by atoms with E-state index in [1.807, 2.05) is 53.4 Å². The van der Waals surface area contributed by atoms with Crippen molar-refractivity contribution in [2.45, 2.75) is 45.5 Å². The number of para-hydroxylation sites is 1. The number of carbonyl (C=O) groups is 1. The largest absolute Gasteiger partial charge is 0.461 e. The van der Waals surface area contributed by atoms with Crippen LogP contribution in [0.4, 0.5) is 0 Å². The van der Waals surface area contributed by atoms with Crippen LogP contribution in [0.1, 0.15) is 43.0 Å². The highest BCUT2D eigenvalue weighted by molar-refractivity contribution is 7.16. The molecule has 0 N–H and O–H groups in total. The van der Waals surface area contributed by atoms with Gasteiger partial charge in [0, 0.05) is 25.2 Å². The van der Waals surface area contributed by atoms with Gasteiger partial charge in [0.25, 0.3) is 0 Å². The van der Waals surface area contributed by atoms with Gasteiger partial charge < -0.3 is 13.7 Å². The number of rotatable bonds is 7. The molecule has 0 spiro atoms. The zero-order chi connectivity index (χ0) is 22.8. The summed E-state index contributed by atoms with van der Waals surface area (Å²) in [6.45, 7) is 4.66. The van der Waals surface area contributed by atoms with E-state index in [0.717, 1.165) is 54.3 Å². The van der Waals surface area contributed by atoms with E-state index in [4.69, 9.17) is 9.15 Å². The topological polar surface area (TPSA) is 82.5 Å². The smallest absolute Gasteiger partial charge is 0.309 e. The van der Waals surface area contributed by atoms with E-state index in [0.29, 0.717) is 18.3 Å². The highest BCUT2D eigenvalue weighted by Crippen LogP contribution is 2.28. The standard InChI is InChI=1S/C24H26N4O4S/c1-17(29)31-15-20-7-6-19(32-20)14-26-11-8-18(9-12-26)23-25-10-13-27(23)16-28-21-4-2-3-5-22(21)33-24(28)30/h2-7,10,13,18H,8-9,11-12,14-16H2,1H3. The molecule has 33 heavy (non-hydrogen) atoms. The number of hydrogen-bond acceptors (Lipinski definition) is 7. The van der Waals surface area contributed by atoms with Crippen LogP contribution in [-0.2, 0) is 29.4 Å². The van der Waals surface area contributed by atoms with Crippen LogP contribution < -0.4 is 4.87 Å². The summed E-state index contributed by atoms with van der Waals surface area (Å²) in [5, 5.41) is 0. The van der Waals surface area contributed by atoms with Gasteiger partial charge in [0.15, 0.2) is 0 Å². The number of carbonyl (C=O) groups excluding carboxylic acids is 1. The number of fused-ring (bicyclic) bond motifs is 1. The van der Waals surface area contributed by atoms with Gasteiger partial charge in [-0.15, -0.1) is 0 Å². The second-order valence-corrected chi connectivity index (χ2v) is 9.35. The van der Waals surface area contributed by atoms with Crippen molar-refractivity contribution in [2.75, 3.05) is 13.1 Å². The number of ether oxygens (including phenoxy) is 1. The summed E-state index contributed by atoms with van der Waals surface area (Å²) in [7, 11) is 0. The van der Waals surface area contributed by atoms with Gasteiger partial charge in [0.2, 0.25) is 0 Å². The number of hydrogen-bond donors (Lipinski definition) is 0. The molecule has 8 nitrogen and oxygen atoms in total. The number of piperidine rings is 1. The molecule has 4 aromatic rings. The van der Waals surface area contributed by atoms with Crippen LogP contribution in [0.2, 0.25) is 0 Å². The van der Waals surface area contributed by atoms with Crippen molar-refractivity contribution < 1.29 is 13.9 Å². The van der Waals surface area contributed by atoms with Crippen LogP contribution in [0.3, 0.4) is 0 Å². The number of nitrogens with zero attached hydrogens (tertiary/aromatic N) is 4. The molecule has 4 heterocycles. The number of furan rings is 1. The first-order valence-electron chi connectivity index (χ1n) is 11.1. The number of likely N-dealkylation sites (tertiary alicyclic amines) is 1. The molecule has 0 unspecified atom stereocenters. The van der Waals surface area contributed by atoms with E-state index in [-0.39, 0.29) is 17.4 Å². The van der Waals surface area contributed by atoms with E-state index in [9.17, 15) is 9.59 Å². The van der Waals surface area contributed by atoms with Crippen LogP contribution >= 0.6 is 11.3 Å². The molecule has 0 atom stereocenters. The maximum Gasteiger partial charge on any atom is 0.309 e. The van der Waals surface area contributed by atoms with Gasteiger partial charge in [-0.1, -0.05) is 23.5 Å². The molecule has 1 aliphatic heterocycles. The number of imidazole rings is 1. The third kappa shape index (κ3) is 4.79. The van der Waals surface area contributed by atoms with Gasteiger partial charge in [-0.25, -0.2) is 4.98 Å². The van der Waals surface area contributed by atoms with Gasteiger partial charge in [-0.05, 0) is 50.2 Å². The number of aromatic nitrogens is 3. The summed E-state index contributed by atoms with van der Waals surface area (Å²) < 4.78 is 15.7. The minimum atomic E-state index is -0.314. The molecule has 1 aromatic carbocycles. The van der Waals surface area contributed by atoms with E-state index < -0.39 is 0 Å². The summed E-state index contributed by atoms with van der Waals surface area (Å²) in [6.07, 6.45) is 5.79. The molecule has 0 amide bonds. The number of thiazole rings is 1. The minimum absolute atomic E-state index is 0.0530. The zero-order valence-electron chi connectivity index (χ0n) is 18.5. The fourth-order valence-electron chi connectivity index (χ4n) is 4.43. The van der Waals surface area contributed by atoms with Crippen molar-refractivity contribution in [1.82, 2.24) is 19.0 Å². The minimum Gasteiger partial charge on any atom is -0.461 e. The highest BCUT2D eigenvalue weighted by Gasteiger charge is 2.25. The summed E-state index contributed by atoms with van der Waals surface area (Å²) >= 11 is 1.28. The van der Waals surface area contributed by atoms with Crippen LogP contribution in [-0.4, -0.2) is 38.1 Å². The van der Waals surface area contributed by atoms with Crippen LogP contribution in [0.5, 0.6) is 0 Å². The predicted octanol–water partition coefficient (Wildman–Crippen LogP) is 3.80. The monoisotopic (exact) mass is 466 g/mol. The lowest BCUT2D eigenvalue weighted by Gasteiger charge is -2.31. The molecular weight excluding hydrogens is 440 g/mol. The van der Waals surface area contributed by atoms with Crippen LogP contribution in [0.25, 0.3) is 10.2 Å². The molecule has 0 radical (unpaired) electrons. The molecule has 0 saturated carbocycles. The van der Waals surface area contributed by atoms with Crippen LogP contribution in [0, 0.1) is 0 Å². The average molecular weight is 467 g/mol. The summed E-state index contributed by atoms with van der Waals surface area (Å²) in [6, 6.07) is 11.7. The Bertz CT molecular complexity index is 1310. The quantitative estimate of drug-likeness (QED) is 0.385. The summed E-state index contributed by atoms with van der Waals surface area (Å²) in [5.74, 6) is 2.62. The lowest BCUT2D eigenvalue weighted by Crippen LogP contribution is -2.33. The predicted molar refractivity (Wildman–Crippen MR) is 125 cm³/mol. The first-order chi connectivity index (χ1) is 16.1.